The number of nitrogens with zero attached hydrogens (tertiary/aromatic N) is 2. The maximum Gasteiger partial charge on any atom is 0.110 e. The third-order valence-electron chi connectivity index (χ3n) is 3.75. The van der Waals surface area contributed by atoms with E-state index >= 15 is 0 Å². The van der Waals surface area contributed by atoms with Crippen molar-refractivity contribution < 1.29 is 0 Å². The van der Waals surface area contributed by atoms with Crippen LogP contribution in [0.2, 0.25) is 0 Å². The van der Waals surface area contributed by atoms with E-state index in [0.717, 1.165) is 36.2 Å². The lowest BCUT2D eigenvalue weighted by Crippen LogP contribution is -2.25. The number of halogens is 1. The molecule has 21 heavy (non-hydrogen) atoms. The van der Waals surface area contributed by atoms with E-state index in [1.807, 2.05) is 6.20 Å². The van der Waals surface area contributed by atoms with E-state index in [2.05, 4.69) is 76.0 Å². The quantitative estimate of drug-likeness (QED) is 0.809. The number of aryl methyl sites for hydroxylation is 2. The zero-order chi connectivity index (χ0) is 15.2. The van der Waals surface area contributed by atoms with Gasteiger partial charge in [0, 0.05) is 35.9 Å². The molecule has 0 aliphatic rings. The molecule has 1 N–H and O–H groups in total. The van der Waals surface area contributed by atoms with Gasteiger partial charge in [-0.15, -0.1) is 0 Å². The van der Waals surface area contributed by atoms with Gasteiger partial charge < -0.3 is 9.88 Å². The van der Waals surface area contributed by atoms with Crippen molar-refractivity contribution in [3.8, 4) is 0 Å². The molecule has 1 unspecified atom stereocenters. The molecule has 0 spiro atoms. The normalized spacial score (nSPS) is 12.6. The summed E-state index contributed by atoms with van der Waals surface area (Å²) in [5, 5.41) is 3.65. The van der Waals surface area contributed by atoms with Gasteiger partial charge >= 0.3 is 0 Å². The number of hydrogen-bond donors (Lipinski definition) is 1. The minimum atomic E-state index is 0.310. The Kier molecular flexibility index (Phi) is 6.00. The number of aromatic nitrogens is 2. The molecule has 0 amide bonds. The molecule has 0 fully saturated rings. The summed E-state index contributed by atoms with van der Waals surface area (Å²) in [5.41, 5.74) is 2.60. The molecule has 114 valence electrons. The summed E-state index contributed by atoms with van der Waals surface area (Å²) in [4.78, 5) is 4.51. The Morgan fingerprint density at radius 3 is 2.81 bits per heavy atom. The van der Waals surface area contributed by atoms with Crippen LogP contribution in [0.1, 0.15) is 43.3 Å². The Hall–Kier alpha value is -1.13. The van der Waals surface area contributed by atoms with E-state index in [0.29, 0.717) is 6.04 Å². The topological polar surface area (TPSA) is 29.9 Å². The van der Waals surface area contributed by atoms with Crippen molar-refractivity contribution in [3.05, 3.63) is 52.0 Å². The third kappa shape index (κ3) is 4.17. The summed E-state index contributed by atoms with van der Waals surface area (Å²) in [6.45, 7) is 8.48. The maximum atomic E-state index is 4.51. The molecule has 2 aromatic rings. The first-order chi connectivity index (χ1) is 10.2. The van der Waals surface area contributed by atoms with Gasteiger partial charge in [0.15, 0.2) is 0 Å². The molecule has 0 saturated carbocycles. The largest absolute Gasteiger partial charge is 0.335 e. The van der Waals surface area contributed by atoms with Crippen molar-refractivity contribution in [3.63, 3.8) is 0 Å². The average molecular weight is 350 g/mol. The smallest absolute Gasteiger partial charge is 0.110 e. The van der Waals surface area contributed by atoms with Gasteiger partial charge in [0.25, 0.3) is 0 Å². The maximum absolute atomic E-state index is 4.51. The van der Waals surface area contributed by atoms with Gasteiger partial charge in [0.2, 0.25) is 0 Å². The van der Waals surface area contributed by atoms with Crippen LogP contribution < -0.4 is 5.32 Å². The van der Waals surface area contributed by atoms with E-state index in [-0.39, 0.29) is 0 Å². The first-order valence-electron chi connectivity index (χ1n) is 7.65. The number of imidazole rings is 1. The predicted octanol–water partition coefficient (Wildman–Crippen LogP) is 4.26. The molecule has 1 heterocycles. The summed E-state index contributed by atoms with van der Waals surface area (Å²) < 4.78 is 3.38. The molecule has 0 bridgehead atoms. The third-order valence-corrected chi connectivity index (χ3v) is 4.64. The number of rotatable bonds is 7. The van der Waals surface area contributed by atoms with Gasteiger partial charge in [0.05, 0.1) is 0 Å². The van der Waals surface area contributed by atoms with Crippen molar-refractivity contribution in [1.29, 1.82) is 0 Å². The molecule has 3 nitrogen and oxygen atoms in total. The van der Waals surface area contributed by atoms with Gasteiger partial charge in [-0.2, -0.15) is 0 Å². The second-order valence-corrected chi connectivity index (χ2v) is 6.20. The highest BCUT2D eigenvalue weighted by molar-refractivity contribution is 9.10. The van der Waals surface area contributed by atoms with Crippen molar-refractivity contribution >= 4 is 15.9 Å². The highest BCUT2D eigenvalue weighted by atomic mass is 79.9. The molecule has 2 rings (SSSR count). The van der Waals surface area contributed by atoms with Crippen molar-refractivity contribution in [2.75, 3.05) is 6.54 Å². The predicted molar refractivity (Wildman–Crippen MR) is 91.5 cm³/mol. The molecule has 0 saturated heterocycles. The van der Waals surface area contributed by atoms with Gasteiger partial charge in [-0.25, -0.2) is 4.98 Å². The summed E-state index contributed by atoms with van der Waals surface area (Å²) in [6, 6.07) is 6.90. The highest BCUT2D eigenvalue weighted by Gasteiger charge is 2.15. The Morgan fingerprint density at radius 2 is 2.14 bits per heavy atom. The van der Waals surface area contributed by atoms with Crippen LogP contribution in [0.4, 0.5) is 0 Å². The lowest BCUT2D eigenvalue weighted by Gasteiger charge is -2.20. The second kappa shape index (κ2) is 7.76. The van der Waals surface area contributed by atoms with E-state index in [4.69, 9.17) is 0 Å². The Labute approximate surface area is 135 Å². The minimum absolute atomic E-state index is 0.310. The zero-order valence-electron chi connectivity index (χ0n) is 13.1. The van der Waals surface area contributed by atoms with Gasteiger partial charge in [-0.1, -0.05) is 35.0 Å². The van der Waals surface area contributed by atoms with E-state index in [9.17, 15) is 0 Å². The summed E-state index contributed by atoms with van der Waals surface area (Å²) >= 11 is 3.58. The minimum Gasteiger partial charge on any atom is -0.335 e. The highest BCUT2D eigenvalue weighted by Crippen LogP contribution is 2.23. The lowest BCUT2D eigenvalue weighted by molar-refractivity contribution is 0.506. The number of benzene rings is 1. The fraction of sp³-hybridized carbons (Fsp3) is 0.471. The van der Waals surface area contributed by atoms with Crippen LogP contribution >= 0.6 is 15.9 Å². The Bertz CT molecular complexity index is 577. The van der Waals surface area contributed by atoms with Crippen LogP contribution in [0, 0.1) is 6.92 Å². The molecular formula is C17H24BrN3. The van der Waals surface area contributed by atoms with Crippen LogP contribution in [0.5, 0.6) is 0 Å². The number of nitrogens with one attached hydrogen (secondary N) is 1. The first-order valence-corrected chi connectivity index (χ1v) is 8.44. The summed E-state index contributed by atoms with van der Waals surface area (Å²) in [6.07, 6.45) is 6.00. The molecule has 0 aliphatic heterocycles. The molecule has 4 heteroatoms. The average Bonchev–Trinajstić information content (AvgIpc) is 2.93. The van der Waals surface area contributed by atoms with Crippen LogP contribution in [0.15, 0.2) is 35.1 Å². The lowest BCUT2D eigenvalue weighted by atomic mass is 10.0. The summed E-state index contributed by atoms with van der Waals surface area (Å²) in [5.74, 6) is 1.15. The molecular weight excluding hydrogens is 326 g/mol. The van der Waals surface area contributed by atoms with Crippen LogP contribution in [-0.2, 0) is 13.0 Å². The van der Waals surface area contributed by atoms with E-state index < -0.39 is 0 Å². The monoisotopic (exact) mass is 349 g/mol. The van der Waals surface area contributed by atoms with Crippen LogP contribution in [0.3, 0.4) is 0 Å². The van der Waals surface area contributed by atoms with E-state index in [1.165, 1.54) is 11.1 Å². The Morgan fingerprint density at radius 1 is 1.33 bits per heavy atom. The van der Waals surface area contributed by atoms with Crippen molar-refractivity contribution in [2.45, 2.75) is 46.2 Å². The Balaban J connectivity index is 2.23. The SMILES string of the molecule is CCCNC(Cc1nccn1CC)c1ccc(Br)c(C)c1. The van der Waals surface area contributed by atoms with Crippen LogP contribution in [0.25, 0.3) is 0 Å². The molecule has 1 atom stereocenters. The summed E-state index contributed by atoms with van der Waals surface area (Å²) in [7, 11) is 0. The zero-order valence-corrected chi connectivity index (χ0v) is 14.7. The molecule has 1 aromatic carbocycles. The van der Waals surface area contributed by atoms with E-state index in [1.54, 1.807) is 0 Å². The fourth-order valence-electron chi connectivity index (χ4n) is 2.51. The standard InChI is InChI=1S/C17H24BrN3/c1-4-8-19-16(12-17-20-9-10-21(17)5-2)14-6-7-15(18)13(3)11-14/h6-7,9-11,16,19H,4-5,8,12H2,1-3H3. The van der Waals surface area contributed by atoms with Gasteiger partial charge in [-0.05, 0) is 44.0 Å². The fourth-order valence-corrected chi connectivity index (χ4v) is 2.76. The first kappa shape index (κ1) is 16.2. The van der Waals surface area contributed by atoms with Crippen LogP contribution in [-0.4, -0.2) is 16.1 Å². The van der Waals surface area contributed by atoms with Crippen molar-refractivity contribution in [1.82, 2.24) is 14.9 Å². The molecule has 0 radical (unpaired) electrons. The van der Waals surface area contributed by atoms with Gasteiger partial charge in [-0.3, -0.25) is 0 Å². The molecule has 1 aromatic heterocycles. The molecule has 0 aliphatic carbocycles. The van der Waals surface area contributed by atoms with Gasteiger partial charge in [0.1, 0.15) is 5.82 Å². The second-order valence-electron chi connectivity index (χ2n) is 5.35. The van der Waals surface area contributed by atoms with Crippen molar-refractivity contribution in [2.24, 2.45) is 0 Å². The number of hydrogen-bond acceptors (Lipinski definition) is 2.